The van der Waals surface area contributed by atoms with Crippen LogP contribution in [0.5, 0.6) is 0 Å². The fourth-order valence-corrected chi connectivity index (χ4v) is 6.07. The van der Waals surface area contributed by atoms with E-state index in [0.717, 1.165) is 0 Å². The maximum absolute atomic E-state index is 11.3. The summed E-state index contributed by atoms with van der Waals surface area (Å²) >= 11 is 0. The molecular formula is C21H38O10. The van der Waals surface area contributed by atoms with Crippen LogP contribution in [0.1, 0.15) is 46.5 Å². The lowest BCUT2D eigenvalue weighted by atomic mass is 9.49. The number of fused-ring (bicyclic) bond motifs is 1. The molecule has 0 bridgehead atoms. The van der Waals surface area contributed by atoms with E-state index in [4.69, 9.17) is 9.47 Å². The van der Waals surface area contributed by atoms with Crippen molar-refractivity contribution in [2.75, 3.05) is 13.2 Å². The second-order valence-electron chi connectivity index (χ2n) is 10.4. The van der Waals surface area contributed by atoms with Gasteiger partial charge < -0.3 is 50.3 Å². The topological polar surface area (TPSA) is 180 Å². The molecule has 3 fully saturated rings. The first-order valence-corrected chi connectivity index (χ1v) is 11.0. The maximum atomic E-state index is 11.3. The smallest absolute Gasteiger partial charge is 0.186 e. The van der Waals surface area contributed by atoms with Gasteiger partial charge in [-0.15, -0.1) is 0 Å². The second kappa shape index (κ2) is 8.75. The fraction of sp³-hybridized carbons (Fsp3) is 1.00. The summed E-state index contributed by atoms with van der Waals surface area (Å²) in [5.41, 5.74) is -3.70. The highest BCUT2D eigenvalue weighted by Crippen LogP contribution is 2.58. The average Bonchev–Trinajstić information content (AvgIpc) is 2.70. The Hall–Kier alpha value is -0.400. The fourth-order valence-electron chi connectivity index (χ4n) is 6.07. The Morgan fingerprint density at radius 1 is 1.00 bits per heavy atom. The largest absolute Gasteiger partial charge is 0.396 e. The van der Waals surface area contributed by atoms with Crippen molar-refractivity contribution in [2.45, 2.75) is 101 Å². The summed E-state index contributed by atoms with van der Waals surface area (Å²) in [6.45, 7) is 3.78. The third kappa shape index (κ3) is 4.28. The van der Waals surface area contributed by atoms with Crippen molar-refractivity contribution in [1.29, 1.82) is 0 Å². The number of aliphatic hydroxyl groups excluding tert-OH is 6. The van der Waals surface area contributed by atoms with Gasteiger partial charge in [-0.05, 0) is 46.5 Å². The molecule has 0 radical (unpaired) electrons. The van der Waals surface area contributed by atoms with Gasteiger partial charge in [-0.2, -0.15) is 0 Å². The van der Waals surface area contributed by atoms with Crippen LogP contribution in [-0.4, -0.2) is 108 Å². The first kappa shape index (κ1) is 25.2. The Labute approximate surface area is 182 Å². The molecule has 0 spiro atoms. The van der Waals surface area contributed by atoms with Crippen molar-refractivity contribution in [3.63, 3.8) is 0 Å². The molecule has 0 aromatic rings. The highest BCUT2D eigenvalue weighted by Gasteiger charge is 2.64. The van der Waals surface area contributed by atoms with Gasteiger partial charge in [0.05, 0.1) is 36.6 Å². The van der Waals surface area contributed by atoms with E-state index in [1.807, 2.05) is 0 Å². The minimum Gasteiger partial charge on any atom is -0.396 e. The molecule has 10 nitrogen and oxygen atoms in total. The molecule has 0 unspecified atom stereocenters. The minimum absolute atomic E-state index is 0.244. The van der Waals surface area contributed by atoms with Gasteiger partial charge in [0, 0.05) is 17.3 Å². The van der Waals surface area contributed by atoms with E-state index in [1.54, 1.807) is 20.8 Å². The summed E-state index contributed by atoms with van der Waals surface area (Å²) in [7, 11) is 0. The van der Waals surface area contributed by atoms with Gasteiger partial charge in [0.25, 0.3) is 0 Å². The molecule has 3 aliphatic rings. The lowest BCUT2D eigenvalue weighted by molar-refractivity contribution is -0.345. The van der Waals surface area contributed by atoms with Crippen molar-refractivity contribution in [2.24, 2.45) is 17.3 Å². The van der Waals surface area contributed by atoms with Gasteiger partial charge in [0.15, 0.2) is 6.29 Å². The quantitative estimate of drug-likeness (QED) is 0.230. The molecule has 3 rings (SSSR count). The number of hydrogen-bond acceptors (Lipinski definition) is 10. The SMILES string of the molecule is CC(C)(O)[C@@H]1CC[C@@]2(CO)[C@@H]([C@@H]1O[C@@H]1O[C@H](CO)[C@@H](O)[C@H](O)[C@H]1O)[C@@](C)(O)CC[C@@H]2O. The van der Waals surface area contributed by atoms with Crippen LogP contribution in [0.15, 0.2) is 0 Å². The van der Waals surface area contributed by atoms with Gasteiger partial charge in [-0.3, -0.25) is 0 Å². The Kier molecular flexibility index (Phi) is 7.12. The Morgan fingerprint density at radius 3 is 2.19 bits per heavy atom. The van der Waals surface area contributed by atoms with E-state index >= 15 is 0 Å². The molecule has 1 heterocycles. The normalized spacial score (nSPS) is 51.4. The van der Waals surface area contributed by atoms with Crippen LogP contribution in [0.3, 0.4) is 0 Å². The minimum atomic E-state index is -1.65. The summed E-state index contributed by atoms with van der Waals surface area (Å²) in [5.74, 6) is -1.37. The zero-order chi connectivity index (χ0) is 23.4. The Bertz CT molecular complexity index is 620. The van der Waals surface area contributed by atoms with Crippen molar-refractivity contribution in [3.05, 3.63) is 0 Å². The number of hydrogen-bond donors (Lipinski definition) is 8. The van der Waals surface area contributed by atoms with Crippen molar-refractivity contribution < 1.29 is 50.3 Å². The molecule has 2 saturated carbocycles. The van der Waals surface area contributed by atoms with Gasteiger partial charge in [-0.1, -0.05) is 0 Å². The first-order chi connectivity index (χ1) is 14.3. The van der Waals surface area contributed by atoms with Gasteiger partial charge in [-0.25, -0.2) is 0 Å². The molecule has 2 aliphatic carbocycles. The van der Waals surface area contributed by atoms with Gasteiger partial charge in [0.2, 0.25) is 0 Å². The van der Waals surface area contributed by atoms with Crippen LogP contribution in [0.25, 0.3) is 0 Å². The molecule has 10 heteroatoms. The third-order valence-electron chi connectivity index (χ3n) is 7.86. The van der Waals surface area contributed by atoms with Gasteiger partial charge in [0.1, 0.15) is 24.4 Å². The second-order valence-corrected chi connectivity index (χ2v) is 10.4. The molecular weight excluding hydrogens is 412 g/mol. The highest BCUT2D eigenvalue weighted by atomic mass is 16.7. The lowest BCUT2D eigenvalue weighted by Crippen LogP contribution is -2.69. The van der Waals surface area contributed by atoms with E-state index in [9.17, 15) is 40.9 Å². The Morgan fingerprint density at radius 2 is 1.65 bits per heavy atom. The monoisotopic (exact) mass is 450 g/mol. The summed E-state index contributed by atoms with van der Waals surface area (Å²) < 4.78 is 11.6. The van der Waals surface area contributed by atoms with Crippen LogP contribution in [0, 0.1) is 17.3 Å². The number of rotatable bonds is 5. The lowest BCUT2D eigenvalue weighted by Gasteiger charge is -2.61. The molecule has 0 aromatic heterocycles. The molecule has 182 valence electrons. The van der Waals surface area contributed by atoms with Crippen LogP contribution < -0.4 is 0 Å². The molecule has 8 N–H and O–H groups in total. The van der Waals surface area contributed by atoms with Crippen molar-refractivity contribution in [1.82, 2.24) is 0 Å². The molecule has 31 heavy (non-hydrogen) atoms. The van der Waals surface area contributed by atoms with Crippen LogP contribution in [-0.2, 0) is 9.47 Å². The van der Waals surface area contributed by atoms with Gasteiger partial charge >= 0.3 is 0 Å². The van der Waals surface area contributed by atoms with E-state index in [0.29, 0.717) is 19.3 Å². The summed E-state index contributed by atoms with van der Waals surface area (Å²) in [6.07, 6.45) is -8.07. The molecule has 1 saturated heterocycles. The van der Waals surface area contributed by atoms with E-state index in [-0.39, 0.29) is 6.42 Å². The molecule has 11 atom stereocenters. The zero-order valence-corrected chi connectivity index (χ0v) is 18.3. The van der Waals surface area contributed by atoms with Crippen LogP contribution in [0.4, 0.5) is 0 Å². The molecule has 0 amide bonds. The number of aliphatic hydroxyl groups is 8. The molecule has 1 aliphatic heterocycles. The summed E-state index contributed by atoms with van der Waals surface area (Å²) in [4.78, 5) is 0. The van der Waals surface area contributed by atoms with E-state index in [2.05, 4.69) is 0 Å². The van der Waals surface area contributed by atoms with E-state index in [1.165, 1.54) is 0 Å². The summed E-state index contributed by atoms with van der Waals surface area (Å²) in [6, 6.07) is 0. The van der Waals surface area contributed by atoms with Crippen molar-refractivity contribution >= 4 is 0 Å². The number of ether oxygens (including phenoxy) is 2. The predicted octanol–water partition coefficient (Wildman–Crippen LogP) is -2.15. The maximum Gasteiger partial charge on any atom is 0.186 e. The molecule has 0 aromatic carbocycles. The third-order valence-corrected chi connectivity index (χ3v) is 7.86. The van der Waals surface area contributed by atoms with Crippen LogP contribution >= 0.6 is 0 Å². The summed E-state index contributed by atoms with van der Waals surface area (Å²) in [5, 5.41) is 83.5. The zero-order valence-electron chi connectivity index (χ0n) is 18.3. The Balaban J connectivity index is 2.01. The first-order valence-electron chi connectivity index (χ1n) is 11.0. The van der Waals surface area contributed by atoms with E-state index < -0.39 is 84.6 Å². The standard InChI is InChI=1S/C21H38O10/c1-19(2,28)10-4-7-21(9-23)12(24)5-6-20(3,29)17(21)16(10)31-18-15(27)14(26)13(25)11(8-22)30-18/h10-18,22-29H,4-9H2,1-3H3/t10-,11-,12+,13-,14+,15-,16-,17+,18+,20+,21+/m1/s1. The predicted molar refractivity (Wildman–Crippen MR) is 107 cm³/mol. The van der Waals surface area contributed by atoms with Crippen molar-refractivity contribution in [3.8, 4) is 0 Å². The highest BCUT2D eigenvalue weighted by molar-refractivity contribution is 5.12. The average molecular weight is 451 g/mol. The van der Waals surface area contributed by atoms with Crippen LogP contribution in [0.2, 0.25) is 0 Å².